The Morgan fingerprint density at radius 1 is 1.43 bits per heavy atom. The van der Waals surface area contributed by atoms with E-state index in [1.807, 2.05) is 19.1 Å². The zero-order valence-corrected chi connectivity index (χ0v) is 8.56. The summed E-state index contributed by atoms with van der Waals surface area (Å²) in [5, 5.41) is 19.5. The molecule has 0 fully saturated rings. The lowest BCUT2D eigenvalue weighted by atomic mass is 10.0. The minimum Gasteiger partial charge on any atom is -0.499 e. The van der Waals surface area contributed by atoms with Crippen molar-refractivity contribution in [2.75, 3.05) is 0 Å². The van der Waals surface area contributed by atoms with Gasteiger partial charge in [-0.1, -0.05) is 18.3 Å². The summed E-state index contributed by atoms with van der Waals surface area (Å²) in [6.45, 7) is 2.02. The molecule has 0 aliphatic carbocycles. The van der Waals surface area contributed by atoms with Crippen LogP contribution in [0.4, 0.5) is 0 Å². The highest BCUT2D eigenvalue weighted by Gasteiger charge is 2.06. The third-order valence-electron chi connectivity index (χ3n) is 2.23. The van der Waals surface area contributed by atoms with Gasteiger partial charge in [0.25, 0.3) is 0 Å². The van der Waals surface area contributed by atoms with Crippen LogP contribution in [0.25, 0.3) is 10.1 Å². The lowest BCUT2D eigenvalue weighted by Gasteiger charge is -1.99. The summed E-state index contributed by atoms with van der Waals surface area (Å²) in [5.41, 5.74) is 1.75. The fourth-order valence-corrected chi connectivity index (χ4v) is 2.36. The molecule has 0 unspecified atom stereocenters. The summed E-state index contributed by atoms with van der Waals surface area (Å²) in [6, 6.07) is 7.69. The molecule has 1 N–H and O–H groups in total. The molecule has 3 heteroatoms. The first-order valence-electron chi connectivity index (χ1n) is 4.40. The van der Waals surface area contributed by atoms with Gasteiger partial charge in [-0.3, -0.25) is 0 Å². The van der Waals surface area contributed by atoms with E-state index in [0.29, 0.717) is 10.6 Å². The summed E-state index contributed by atoms with van der Waals surface area (Å²) in [6.07, 6.45) is 0.845. The molecule has 0 spiro atoms. The van der Waals surface area contributed by atoms with Crippen LogP contribution in [0.3, 0.4) is 0 Å². The van der Waals surface area contributed by atoms with Crippen molar-refractivity contribution in [2.24, 2.45) is 0 Å². The predicted molar refractivity (Wildman–Crippen MR) is 57.6 cm³/mol. The van der Waals surface area contributed by atoms with Gasteiger partial charge in [0.2, 0.25) is 0 Å². The Hall–Kier alpha value is -1.53. The largest absolute Gasteiger partial charge is 0.499 e. The van der Waals surface area contributed by atoms with Gasteiger partial charge in [0.15, 0.2) is 5.06 Å². The SMILES string of the molecule is CCc1cc2sc(O)cc2cc1C#N. The highest BCUT2D eigenvalue weighted by atomic mass is 32.1. The minimum atomic E-state index is 0.303. The lowest BCUT2D eigenvalue weighted by molar-refractivity contribution is 0.491. The summed E-state index contributed by atoms with van der Waals surface area (Å²) >= 11 is 1.35. The highest BCUT2D eigenvalue weighted by Crippen LogP contribution is 2.32. The monoisotopic (exact) mass is 203 g/mol. The molecule has 2 aromatic rings. The molecule has 2 nitrogen and oxygen atoms in total. The van der Waals surface area contributed by atoms with Crippen LogP contribution in [0.15, 0.2) is 18.2 Å². The molecule has 0 aliphatic rings. The highest BCUT2D eigenvalue weighted by molar-refractivity contribution is 7.20. The van der Waals surface area contributed by atoms with Crippen molar-refractivity contribution in [3.63, 3.8) is 0 Å². The van der Waals surface area contributed by atoms with Crippen molar-refractivity contribution in [1.82, 2.24) is 0 Å². The maximum absolute atomic E-state index is 9.32. The molecule has 0 atom stereocenters. The molecular weight excluding hydrogens is 194 g/mol. The number of aromatic hydroxyl groups is 1. The molecule has 2 rings (SSSR count). The number of hydrogen-bond donors (Lipinski definition) is 1. The smallest absolute Gasteiger partial charge is 0.172 e. The first-order valence-corrected chi connectivity index (χ1v) is 5.21. The zero-order valence-electron chi connectivity index (χ0n) is 7.74. The van der Waals surface area contributed by atoms with Gasteiger partial charge in [-0.15, -0.1) is 0 Å². The standard InChI is InChI=1S/C11H9NOS/c1-2-7-4-10-8(3-9(7)6-12)5-11(13)14-10/h3-5,13H,2H2,1H3. The molecule has 70 valence electrons. The Morgan fingerprint density at radius 3 is 2.86 bits per heavy atom. The van der Waals surface area contributed by atoms with Crippen LogP contribution in [-0.2, 0) is 6.42 Å². The molecule has 1 heterocycles. The fourth-order valence-electron chi connectivity index (χ4n) is 1.51. The van der Waals surface area contributed by atoms with Gasteiger partial charge < -0.3 is 5.11 Å². The van der Waals surface area contributed by atoms with E-state index in [1.165, 1.54) is 11.3 Å². The topological polar surface area (TPSA) is 44.0 Å². The molecule has 1 aromatic carbocycles. The molecule has 0 bridgehead atoms. The Kier molecular flexibility index (Phi) is 2.14. The van der Waals surface area contributed by atoms with Crippen molar-refractivity contribution >= 4 is 21.4 Å². The van der Waals surface area contributed by atoms with E-state index in [4.69, 9.17) is 5.26 Å². The van der Waals surface area contributed by atoms with Crippen LogP contribution in [0.1, 0.15) is 18.1 Å². The van der Waals surface area contributed by atoms with Crippen LogP contribution < -0.4 is 0 Å². The van der Waals surface area contributed by atoms with E-state index in [0.717, 1.165) is 22.1 Å². The summed E-state index contributed by atoms with van der Waals surface area (Å²) in [4.78, 5) is 0. The summed E-state index contributed by atoms with van der Waals surface area (Å²) < 4.78 is 1.04. The zero-order chi connectivity index (χ0) is 10.1. The summed E-state index contributed by atoms with van der Waals surface area (Å²) in [5.74, 6) is 0. The first kappa shape index (κ1) is 9.04. The number of nitrogens with zero attached hydrogens (tertiary/aromatic N) is 1. The van der Waals surface area contributed by atoms with Gasteiger partial charge in [0.05, 0.1) is 11.6 Å². The molecule has 0 amide bonds. The Morgan fingerprint density at radius 2 is 2.21 bits per heavy atom. The predicted octanol–water partition coefficient (Wildman–Crippen LogP) is 3.04. The number of aryl methyl sites for hydroxylation is 1. The van der Waals surface area contributed by atoms with Gasteiger partial charge in [0, 0.05) is 4.70 Å². The van der Waals surface area contributed by atoms with Crippen molar-refractivity contribution in [3.8, 4) is 11.1 Å². The molecular formula is C11H9NOS. The quantitative estimate of drug-likeness (QED) is 0.774. The maximum Gasteiger partial charge on any atom is 0.172 e. The fraction of sp³-hybridized carbons (Fsp3) is 0.182. The first-order chi connectivity index (χ1) is 6.74. The Bertz CT molecular complexity index is 522. The number of hydrogen-bond acceptors (Lipinski definition) is 3. The number of rotatable bonds is 1. The molecule has 0 aliphatic heterocycles. The third-order valence-corrected chi connectivity index (χ3v) is 3.13. The number of benzene rings is 1. The van der Waals surface area contributed by atoms with Crippen molar-refractivity contribution < 1.29 is 5.11 Å². The molecule has 14 heavy (non-hydrogen) atoms. The van der Waals surface area contributed by atoms with E-state index >= 15 is 0 Å². The number of thiophene rings is 1. The minimum absolute atomic E-state index is 0.303. The third kappa shape index (κ3) is 1.34. The average Bonchev–Trinajstić information content (AvgIpc) is 2.54. The van der Waals surface area contributed by atoms with E-state index in [2.05, 4.69) is 6.07 Å². The van der Waals surface area contributed by atoms with E-state index in [9.17, 15) is 5.11 Å². The van der Waals surface area contributed by atoms with E-state index in [1.54, 1.807) is 6.07 Å². The normalized spacial score (nSPS) is 10.3. The molecule has 0 saturated carbocycles. The van der Waals surface area contributed by atoms with Gasteiger partial charge in [-0.25, -0.2) is 0 Å². The maximum atomic E-state index is 9.32. The van der Waals surface area contributed by atoms with Crippen molar-refractivity contribution in [3.05, 3.63) is 29.3 Å². The Labute approximate surface area is 86.0 Å². The van der Waals surface area contributed by atoms with Gasteiger partial charge in [0.1, 0.15) is 0 Å². The van der Waals surface area contributed by atoms with Crippen molar-refractivity contribution in [2.45, 2.75) is 13.3 Å². The van der Waals surface area contributed by atoms with Crippen LogP contribution >= 0.6 is 11.3 Å². The van der Waals surface area contributed by atoms with E-state index in [-0.39, 0.29) is 0 Å². The number of fused-ring (bicyclic) bond motifs is 1. The number of nitriles is 1. The lowest BCUT2D eigenvalue weighted by Crippen LogP contribution is -1.85. The second-order valence-corrected chi connectivity index (χ2v) is 4.16. The van der Waals surface area contributed by atoms with Gasteiger partial charge >= 0.3 is 0 Å². The van der Waals surface area contributed by atoms with Crippen LogP contribution in [0.2, 0.25) is 0 Å². The second-order valence-electron chi connectivity index (χ2n) is 3.10. The van der Waals surface area contributed by atoms with Crippen LogP contribution in [0, 0.1) is 11.3 Å². The molecule has 0 radical (unpaired) electrons. The second kappa shape index (κ2) is 3.32. The van der Waals surface area contributed by atoms with Gasteiger partial charge in [-0.05, 0) is 35.6 Å². The van der Waals surface area contributed by atoms with Crippen LogP contribution in [0.5, 0.6) is 5.06 Å². The average molecular weight is 203 g/mol. The van der Waals surface area contributed by atoms with Crippen LogP contribution in [-0.4, -0.2) is 5.11 Å². The summed E-state index contributed by atoms with van der Waals surface area (Å²) in [7, 11) is 0. The molecule has 1 aromatic heterocycles. The van der Waals surface area contributed by atoms with E-state index < -0.39 is 0 Å². The van der Waals surface area contributed by atoms with Crippen molar-refractivity contribution in [1.29, 1.82) is 5.26 Å². The molecule has 0 saturated heterocycles. The van der Waals surface area contributed by atoms with Gasteiger partial charge in [-0.2, -0.15) is 5.26 Å². The Balaban J connectivity index is 2.76.